The lowest BCUT2D eigenvalue weighted by Crippen LogP contribution is -2.48. The van der Waals surface area contributed by atoms with Crippen molar-refractivity contribution < 1.29 is 19.4 Å². The van der Waals surface area contributed by atoms with Crippen molar-refractivity contribution in [1.29, 1.82) is 0 Å². The quantitative estimate of drug-likeness (QED) is 0.704. The van der Waals surface area contributed by atoms with Crippen molar-refractivity contribution >= 4 is 12.0 Å². The number of hydrogen-bond acceptors (Lipinski definition) is 3. The van der Waals surface area contributed by atoms with E-state index in [1.165, 1.54) is 12.8 Å². The maximum absolute atomic E-state index is 12.4. The first kappa shape index (κ1) is 16.1. The average molecular weight is 298 g/mol. The zero-order valence-electron chi connectivity index (χ0n) is 12.6. The third-order valence-electron chi connectivity index (χ3n) is 4.29. The second-order valence-electron chi connectivity index (χ2n) is 5.95. The standard InChI is InChI=1S/C15H26N2O4/c18-14(19)8-3-9-16-15(20)17(12-5-1-2-6-12)11-13-7-4-10-21-13/h12-13H,1-11H2,(H,16,20)(H,18,19). The minimum Gasteiger partial charge on any atom is -0.481 e. The summed E-state index contributed by atoms with van der Waals surface area (Å²) in [5, 5.41) is 11.5. The first-order valence-electron chi connectivity index (χ1n) is 8.04. The molecule has 2 aliphatic rings. The maximum Gasteiger partial charge on any atom is 0.317 e. The average Bonchev–Trinajstić information content (AvgIpc) is 3.12. The van der Waals surface area contributed by atoms with Crippen LogP contribution in [0, 0.1) is 0 Å². The molecule has 2 N–H and O–H groups in total. The van der Waals surface area contributed by atoms with E-state index in [4.69, 9.17) is 9.84 Å². The van der Waals surface area contributed by atoms with E-state index in [2.05, 4.69) is 5.32 Å². The van der Waals surface area contributed by atoms with Gasteiger partial charge in [-0.25, -0.2) is 4.79 Å². The number of amides is 2. The second-order valence-corrected chi connectivity index (χ2v) is 5.95. The van der Waals surface area contributed by atoms with Crippen molar-refractivity contribution in [3.63, 3.8) is 0 Å². The van der Waals surface area contributed by atoms with Crippen molar-refractivity contribution in [3.05, 3.63) is 0 Å². The number of aliphatic carboxylic acids is 1. The van der Waals surface area contributed by atoms with Crippen molar-refractivity contribution in [2.45, 2.75) is 63.5 Å². The molecule has 1 unspecified atom stereocenters. The number of urea groups is 1. The van der Waals surface area contributed by atoms with Gasteiger partial charge in [-0.15, -0.1) is 0 Å². The van der Waals surface area contributed by atoms with Crippen molar-refractivity contribution in [2.24, 2.45) is 0 Å². The minimum absolute atomic E-state index is 0.0669. The third-order valence-corrected chi connectivity index (χ3v) is 4.29. The molecule has 1 aliphatic heterocycles. The molecule has 6 heteroatoms. The van der Waals surface area contributed by atoms with Crippen LogP contribution in [-0.4, -0.2) is 53.8 Å². The smallest absolute Gasteiger partial charge is 0.317 e. The van der Waals surface area contributed by atoms with Gasteiger partial charge < -0.3 is 20.1 Å². The van der Waals surface area contributed by atoms with Crippen LogP contribution in [0.2, 0.25) is 0 Å². The van der Waals surface area contributed by atoms with Crippen LogP contribution in [0.3, 0.4) is 0 Å². The van der Waals surface area contributed by atoms with E-state index < -0.39 is 5.97 Å². The zero-order chi connectivity index (χ0) is 15.1. The fraction of sp³-hybridized carbons (Fsp3) is 0.867. The number of carboxylic acid groups (broad SMARTS) is 1. The van der Waals surface area contributed by atoms with Crippen LogP contribution in [0.4, 0.5) is 4.79 Å². The molecule has 0 radical (unpaired) electrons. The first-order valence-corrected chi connectivity index (χ1v) is 8.04. The van der Waals surface area contributed by atoms with Crippen LogP contribution >= 0.6 is 0 Å². The predicted molar refractivity (Wildman–Crippen MR) is 78.2 cm³/mol. The van der Waals surface area contributed by atoms with Gasteiger partial charge in [0.05, 0.1) is 6.10 Å². The maximum atomic E-state index is 12.4. The molecule has 0 aromatic carbocycles. The summed E-state index contributed by atoms with van der Waals surface area (Å²) < 4.78 is 5.65. The van der Waals surface area contributed by atoms with E-state index in [0.29, 0.717) is 25.6 Å². The van der Waals surface area contributed by atoms with Crippen LogP contribution in [0.1, 0.15) is 51.4 Å². The topological polar surface area (TPSA) is 78.9 Å². The molecular formula is C15H26N2O4. The molecule has 0 aromatic rings. The fourth-order valence-electron chi connectivity index (χ4n) is 3.16. The van der Waals surface area contributed by atoms with E-state index >= 15 is 0 Å². The molecule has 1 heterocycles. The van der Waals surface area contributed by atoms with Gasteiger partial charge in [0.25, 0.3) is 0 Å². The first-order chi connectivity index (χ1) is 10.2. The van der Waals surface area contributed by atoms with Crippen LogP contribution < -0.4 is 5.32 Å². The lowest BCUT2D eigenvalue weighted by molar-refractivity contribution is -0.137. The van der Waals surface area contributed by atoms with E-state index in [9.17, 15) is 9.59 Å². The molecule has 120 valence electrons. The Hall–Kier alpha value is -1.30. The number of rotatable bonds is 7. The summed E-state index contributed by atoms with van der Waals surface area (Å²) >= 11 is 0. The van der Waals surface area contributed by atoms with Gasteiger partial charge in [0.15, 0.2) is 0 Å². The highest BCUT2D eigenvalue weighted by atomic mass is 16.5. The van der Waals surface area contributed by atoms with Crippen LogP contribution in [0.15, 0.2) is 0 Å². The van der Waals surface area contributed by atoms with Crippen molar-refractivity contribution in [2.75, 3.05) is 19.7 Å². The Morgan fingerprint density at radius 1 is 1.19 bits per heavy atom. The normalized spacial score (nSPS) is 22.4. The predicted octanol–water partition coefficient (Wildman–Crippen LogP) is 1.98. The summed E-state index contributed by atoms with van der Waals surface area (Å²) in [6.07, 6.45) is 7.31. The highest BCUT2D eigenvalue weighted by Gasteiger charge is 2.30. The van der Waals surface area contributed by atoms with E-state index in [1.54, 1.807) is 0 Å². The molecule has 1 aliphatic carbocycles. The Balaban J connectivity index is 1.81. The second kappa shape index (κ2) is 8.22. The van der Waals surface area contributed by atoms with E-state index in [1.807, 2.05) is 4.90 Å². The van der Waals surface area contributed by atoms with Gasteiger partial charge in [-0.3, -0.25) is 4.79 Å². The van der Waals surface area contributed by atoms with Gasteiger partial charge in [-0.05, 0) is 32.1 Å². The van der Waals surface area contributed by atoms with Gasteiger partial charge in [-0.2, -0.15) is 0 Å². The zero-order valence-corrected chi connectivity index (χ0v) is 12.6. The highest BCUT2D eigenvalue weighted by Crippen LogP contribution is 2.25. The molecular weight excluding hydrogens is 272 g/mol. The third kappa shape index (κ3) is 5.19. The molecule has 21 heavy (non-hydrogen) atoms. The Bertz CT molecular complexity index is 350. The Morgan fingerprint density at radius 3 is 2.57 bits per heavy atom. The number of hydrogen-bond donors (Lipinski definition) is 2. The van der Waals surface area contributed by atoms with Crippen molar-refractivity contribution in [3.8, 4) is 0 Å². The number of ether oxygens (including phenoxy) is 1. The lowest BCUT2D eigenvalue weighted by Gasteiger charge is -2.31. The number of nitrogens with zero attached hydrogens (tertiary/aromatic N) is 1. The minimum atomic E-state index is -0.823. The van der Waals surface area contributed by atoms with Crippen molar-refractivity contribution in [1.82, 2.24) is 10.2 Å². The van der Waals surface area contributed by atoms with Crippen LogP contribution in [0.5, 0.6) is 0 Å². The SMILES string of the molecule is O=C(O)CCCNC(=O)N(CC1CCCO1)C1CCCC1. The summed E-state index contributed by atoms with van der Waals surface area (Å²) in [5.74, 6) is -0.823. The summed E-state index contributed by atoms with van der Waals surface area (Å²) in [6.45, 7) is 1.87. The fourth-order valence-corrected chi connectivity index (χ4v) is 3.16. The molecule has 1 saturated heterocycles. The summed E-state index contributed by atoms with van der Waals surface area (Å²) in [4.78, 5) is 24.8. The molecule has 2 fully saturated rings. The van der Waals surface area contributed by atoms with Gasteiger partial charge in [0.1, 0.15) is 0 Å². The number of nitrogens with one attached hydrogen (secondary N) is 1. The molecule has 0 aromatic heterocycles. The van der Waals surface area contributed by atoms with Gasteiger partial charge >= 0.3 is 12.0 Å². The van der Waals surface area contributed by atoms with Gasteiger partial charge in [-0.1, -0.05) is 12.8 Å². The number of carbonyl (C=O) groups excluding carboxylic acids is 1. The number of carboxylic acids is 1. The molecule has 1 atom stereocenters. The molecule has 2 amide bonds. The van der Waals surface area contributed by atoms with Crippen LogP contribution in [-0.2, 0) is 9.53 Å². The largest absolute Gasteiger partial charge is 0.481 e. The van der Waals surface area contributed by atoms with E-state index in [0.717, 1.165) is 32.3 Å². The highest BCUT2D eigenvalue weighted by molar-refractivity contribution is 5.74. The molecule has 0 spiro atoms. The summed E-state index contributed by atoms with van der Waals surface area (Å²) in [5.41, 5.74) is 0. The number of carbonyl (C=O) groups is 2. The molecule has 1 saturated carbocycles. The summed E-state index contributed by atoms with van der Waals surface area (Å²) in [7, 11) is 0. The molecule has 0 bridgehead atoms. The lowest BCUT2D eigenvalue weighted by atomic mass is 10.1. The Morgan fingerprint density at radius 2 is 1.95 bits per heavy atom. The molecule has 2 rings (SSSR count). The molecule has 6 nitrogen and oxygen atoms in total. The monoisotopic (exact) mass is 298 g/mol. The summed E-state index contributed by atoms with van der Waals surface area (Å²) in [6, 6.07) is 0.247. The van der Waals surface area contributed by atoms with E-state index in [-0.39, 0.29) is 18.6 Å². The Kier molecular flexibility index (Phi) is 6.29. The van der Waals surface area contributed by atoms with Gasteiger partial charge in [0, 0.05) is 32.2 Å². The Labute approximate surface area is 125 Å². The van der Waals surface area contributed by atoms with Gasteiger partial charge in [0.2, 0.25) is 0 Å². The van der Waals surface area contributed by atoms with Crippen LogP contribution in [0.25, 0.3) is 0 Å².